The summed E-state index contributed by atoms with van der Waals surface area (Å²) in [5.74, 6) is 0.649. The van der Waals surface area contributed by atoms with Crippen molar-refractivity contribution in [2.24, 2.45) is 11.8 Å². The molecule has 5 heterocycles. The quantitative estimate of drug-likeness (QED) is 0.775. The summed E-state index contributed by atoms with van der Waals surface area (Å²) in [6, 6.07) is 0.674. The van der Waals surface area contributed by atoms with Gasteiger partial charge in [-0.1, -0.05) is 0 Å². The zero-order chi connectivity index (χ0) is 14.6. The van der Waals surface area contributed by atoms with Crippen LogP contribution in [0, 0.1) is 11.8 Å². The van der Waals surface area contributed by atoms with E-state index in [2.05, 4.69) is 27.7 Å². The first-order chi connectivity index (χ1) is 9.43. The van der Waals surface area contributed by atoms with Gasteiger partial charge in [0.15, 0.2) is 0 Å². The number of carbonyl (C=O) groups is 2. The Balaban J connectivity index is 2.04. The van der Waals surface area contributed by atoms with Crippen LogP contribution in [-0.4, -0.2) is 45.8 Å². The van der Waals surface area contributed by atoms with E-state index in [1.165, 1.54) is 0 Å². The smallest absolute Gasteiger partial charge is 0.228 e. The standard InChI is InChI=1S/C16H26N2O2/c1-9(2)17-13-7-5-12(15(17)19)14-8-6-11(13)16(20)18(14)10(3)4/h9-14H,5-8H2,1-4H3/t11-,12-,13-,14+/m0/s1. The van der Waals surface area contributed by atoms with E-state index < -0.39 is 0 Å². The van der Waals surface area contributed by atoms with Crippen molar-refractivity contribution in [3.63, 3.8) is 0 Å². The summed E-state index contributed by atoms with van der Waals surface area (Å²) in [5, 5.41) is 0. The summed E-state index contributed by atoms with van der Waals surface area (Å²) in [6.45, 7) is 8.31. The topological polar surface area (TPSA) is 40.6 Å². The molecule has 6 rings (SSSR count). The zero-order valence-corrected chi connectivity index (χ0v) is 13.0. The summed E-state index contributed by atoms with van der Waals surface area (Å²) >= 11 is 0. The second-order valence-electron chi connectivity index (χ2n) is 7.18. The molecule has 0 aromatic heterocycles. The molecule has 1 aliphatic carbocycles. The van der Waals surface area contributed by atoms with E-state index >= 15 is 0 Å². The van der Waals surface area contributed by atoms with Gasteiger partial charge in [0.05, 0.1) is 11.8 Å². The van der Waals surface area contributed by atoms with Crippen LogP contribution in [0.15, 0.2) is 0 Å². The first-order valence-electron chi connectivity index (χ1n) is 8.07. The normalized spacial score (nSPS) is 37.1. The van der Waals surface area contributed by atoms with Gasteiger partial charge in [-0.2, -0.15) is 0 Å². The van der Waals surface area contributed by atoms with Crippen molar-refractivity contribution in [3.05, 3.63) is 0 Å². The number of piperidine rings is 2. The fourth-order valence-electron chi connectivity index (χ4n) is 4.71. The highest BCUT2D eigenvalue weighted by Crippen LogP contribution is 2.44. The third-order valence-corrected chi connectivity index (χ3v) is 5.45. The van der Waals surface area contributed by atoms with E-state index in [0.717, 1.165) is 25.7 Å². The second kappa shape index (κ2) is 4.74. The van der Waals surface area contributed by atoms with E-state index in [0.29, 0.717) is 11.8 Å². The molecule has 0 spiro atoms. The maximum atomic E-state index is 12.9. The number of nitrogens with zero attached hydrogens (tertiary/aromatic N) is 2. The van der Waals surface area contributed by atoms with Gasteiger partial charge >= 0.3 is 0 Å². The molecule has 4 atom stereocenters. The third kappa shape index (κ3) is 1.80. The molecule has 2 amide bonds. The molecule has 5 saturated heterocycles. The zero-order valence-electron chi connectivity index (χ0n) is 13.0. The van der Waals surface area contributed by atoms with Gasteiger partial charge in [0, 0.05) is 24.2 Å². The summed E-state index contributed by atoms with van der Waals surface area (Å²) in [6.07, 6.45) is 3.94. The van der Waals surface area contributed by atoms with E-state index in [1.54, 1.807) is 0 Å². The average Bonchev–Trinajstić information content (AvgIpc) is 2.33. The van der Waals surface area contributed by atoms with Gasteiger partial charge in [-0.15, -0.1) is 0 Å². The minimum Gasteiger partial charge on any atom is -0.336 e. The molecule has 0 aromatic carbocycles. The number of carbonyl (C=O) groups excluding carboxylic acids is 2. The van der Waals surface area contributed by atoms with Crippen LogP contribution in [0.4, 0.5) is 0 Å². The van der Waals surface area contributed by atoms with Gasteiger partial charge in [0.2, 0.25) is 11.8 Å². The van der Waals surface area contributed by atoms with Crippen LogP contribution >= 0.6 is 0 Å². The number of amides is 2. The Labute approximate surface area is 121 Å². The van der Waals surface area contributed by atoms with Gasteiger partial charge in [-0.3, -0.25) is 9.59 Å². The molecule has 0 N–H and O–H groups in total. The predicted molar refractivity (Wildman–Crippen MR) is 77.0 cm³/mol. The lowest BCUT2D eigenvalue weighted by molar-refractivity contribution is -0.170. The Kier molecular flexibility index (Phi) is 3.30. The molecule has 1 saturated carbocycles. The van der Waals surface area contributed by atoms with E-state index in [-0.39, 0.29) is 36.0 Å². The molecule has 112 valence electrons. The highest BCUT2D eigenvalue weighted by atomic mass is 16.2. The van der Waals surface area contributed by atoms with Gasteiger partial charge in [0.25, 0.3) is 0 Å². The summed E-state index contributed by atoms with van der Waals surface area (Å²) in [5.41, 5.74) is 0. The van der Waals surface area contributed by atoms with Crippen LogP contribution in [0.3, 0.4) is 0 Å². The number of rotatable bonds is 2. The Bertz CT molecular complexity index is 392. The molecular weight excluding hydrogens is 252 g/mol. The van der Waals surface area contributed by atoms with Crippen LogP contribution in [0.25, 0.3) is 0 Å². The van der Waals surface area contributed by atoms with Crippen LogP contribution in [-0.2, 0) is 9.59 Å². The monoisotopic (exact) mass is 278 g/mol. The molecule has 0 radical (unpaired) electrons. The van der Waals surface area contributed by atoms with Crippen LogP contribution in [0.1, 0.15) is 53.4 Å². The predicted octanol–water partition coefficient (Wildman–Crippen LogP) is 2.03. The van der Waals surface area contributed by atoms with Crippen LogP contribution in [0.5, 0.6) is 0 Å². The molecule has 20 heavy (non-hydrogen) atoms. The Morgan fingerprint density at radius 2 is 1.10 bits per heavy atom. The first kappa shape index (κ1) is 13.9. The number of hydrogen-bond acceptors (Lipinski definition) is 2. The molecule has 5 aliphatic heterocycles. The summed E-state index contributed by atoms with van der Waals surface area (Å²) in [7, 11) is 0. The first-order valence-corrected chi connectivity index (χ1v) is 8.07. The van der Waals surface area contributed by atoms with Crippen molar-refractivity contribution in [3.8, 4) is 0 Å². The molecule has 6 fully saturated rings. The van der Waals surface area contributed by atoms with Crippen molar-refractivity contribution < 1.29 is 9.59 Å². The van der Waals surface area contributed by atoms with E-state index in [4.69, 9.17) is 0 Å². The number of hydrogen-bond donors (Lipinski definition) is 0. The van der Waals surface area contributed by atoms with Crippen molar-refractivity contribution in [2.75, 3.05) is 0 Å². The molecule has 4 heteroatoms. The minimum atomic E-state index is 0.0289. The van der Waals surface area contributed by atoms with Gasteiger partial charge in [0.1, 0.15) is 0 Å². The van der Waals surface area contributed by atoms with Crippen molar-refractivity contribution in [2.45, 2.75) is 77.5 Å². The Hall–Kier alpha value is -1.06. The highest BCUT2D eigenvalue weighted by molar-refractivity contribution is 5.88. The Morgan fingerprint density at radius 1 is 0.750 bits per heavy atom. The third-order valence-electron chi connectivity index (χ3n) is 5.45. The largest absolute Gasteiger partial charge is 0.336 e. The summed E-state index contributed by atoms with van der Waals surface area (Å²) in [4.78, 5) is 29.8. The maximum absolute atomic E-state index is 12.9. The van der Waals surface area contributed by atoms with E-state index in [9.17, 15) is 9.59 Å². The van der Waals surface area contributed by atoms with Gasteiger partial charge in [-0.25, -0.2) is 0 Å². The SMILES string of the molecule is CC(C)N1C(=O)[C@H]2CC[C@@H]1[C@@H]1CC[C@@H]2N(C(C)C)C1=O. The Morgan fingerprint density at radius 3 is 1.40 bits per heavy atom. The summed E-state index contributed by atoms with van der Waals surface area (Å²) < 4.78 is 0. The van der Waals surface area contributed by atoms with Crippen molar-refractivity contribution in [1.29, 1.82) is 0 Å². The van der Waals surface area contributed by atoms with Crippen molar-refractivity contribution >= 4 is 11.8 Å². The van der Waals surface area contributed by atoms with Gasteiger partial charge < -0.3 is 9.80 Å². The molecule has 4 bridgehead atoms. The van der Waals surface area contributed by atoms with E-state index in [1.807, 2.05) is 9.80 Å². The lowest BCUT2D eigenvalue weighted by atomic mass is 9.70. The maximum Gasteiger partial charge on any atom is 0.228 e. The minimum absolute atomic E-state index is 0.0289. The fourth-order valence-corrected chi connectivity index (χ4v) is 4.71. The van der Waals surface area contributed by atoms with Crippen LogP contribution in [0.2, 0.25) is 0 Å². The second-order valence-corrected chi connectivity index (χ2v) is 7.18. The van der Waals surface area contributed by atoms with Gasteiger partial charge in [-0.05, 0) is 53.4 Å². The molecule has 0 unspecified atom stereocenters. The van der Waals surface area contributed by atoms with Crippen molar-refractivity contribution in [1.82, 2.24) is 9.80 Å². The lowest BCUT2D eigenvalue weighted by Gasteiger charge is -2.56. The average molecular weight is 278 g/mol. The van der Waals surface area contributed by atoms with Crippen LogP contribution < -0.4 is 0 Å². The highest BCUT2D eigenvalue weighted by Gasteiger charge is 2.54. The fraction of sp³-hybridized carbons (Fsp3) is 0.875. The lowest BCUT2D eigenvalue weighted by Crippen LogP contribution is -2.68. The molecule has 6 aliphatic rings. The molecular formula is C16H26N2O2. The molecule has 4 nitrogen and oxygen atoms in total. The molecule has 0 aromatic rings.